The first-order chi connectivity index (χ1) is 8.92. The highest BCUT2D eigenvalue weighted by atomic mass is 32.2. The van der Waals surface area contributed by atoms with Gasteiger partial charge in [-0.25, -0.2) is 0 Å². The summed E-state index contributed by atoms with van der Waals surface area (Å²) in [5, 5.41) is 3.09. The highest BCUT2D eigenvalue weighted by molar-refractivity contribution is 8.15. The van der Waals surface area contributed by atoms with Crippen LogP contribution in [0.15, 0.2) is 27.5 Å². The predicted octanol–water partition coefficient (Wildman–Crippen LogP) is 1.49. The third-order valence-corrected chi connectivity index (χ3v) is 4.77. The Bertz CT molecular complexity index is 653. The molecule has 102 valence electrons. The molecule has 0 saturated carbocycles. The van der Waals surface area contributed by atoms with Crippen LogP contribution in [0.2, 0.25) is 0 Å². The van der Waals surface area contributed by atoms with E-state index in [0.717, 1.165) is 11.8 Å². The molecule has 0 saturated heterocycles. The van der Waals surface area contributed by atoms with Crippen molar-refractivity contribution in [3.63, 3.8) is 0 Å². The molecule has 0 aromatic heterocycles. The lowest BCUT2D eigenvalue weighted by molar-refractivity contribution is -0.114. The molecule has 19 heavy (non-hydrogen) atoms. The van der Waals surface area contributed by atoms with Crippen LogP contribution >= 0.6 is 11.8 Å². The quantitative estimate of drug-likeness (QED) is 0.910. The fraction of sp³-hybridized carbons (Fsp3) is 0.273. The monoisotopic (exact) mass is 300 g/mol. The summed E-state index contributed by atoms with van der Waals surface area (Å²) in [5.74, 6) is 0.568. The number of thioether (sulfide) groups is 1. The van der Waals surface area contributed by atoms with E-state index >= 15 is 0 Å². The summed E-state index contributed by atoms with van der Waals surface area (Å²) in [4.78, 5) is 11.0. The Morgan fingerprint density at radius 1 is 1.47 bits per heavy atom. The zero-order valence-electron chi connectivity index (χ0n) is 10.3. The van der Waals surface area contributed by atoms with E-state index in [2.05, 4.69) is 9.71 Å². The van der Waals surface area contributed by atoms with Gasteiger partial charge in [0.15, 0.2) is 5.17 Å². The molecule has 0 bridgehead atoms. The zero-order chi connectivity index (χ0) is 14.0. The molecule has 1 aliphatic heterocycles. The van der Waals surface area contributed by atoms with Crippen molar-refractivity contribution in [1.29, 1.82) is 0 Å². The average Bonchev–Trinajstić information content (AvgIpc) is 2.35. The van der Waals surface area contributed by atoms with Gasteiger partial charge in [0.05, 0.1) is 18.6 Å². The zero-order valence-corrected chi connectivity index (χ0v) is 12.0. The van der Waals surface area contributed by atoms with Gasteiger partial charge >= 0.3 is 0 Å². The maximum Gasteiger partial charge on any atom is 0.286 e. The number of carbonyl (C=O) groups excluding carboxylic acids is 1. The second kappa shape index (κ2) is 5.22. The molecule has 0 unspecified atom stereocenters. The van der Waals surface area contributed by atoms with Crippen molar-refractivity contribution in [2.45, 2.75) is 11.8 Å². The van der Waals surface area contributed by atoms with Crippen LogP contribution in [0.4, 0.5) is 5.69 Å². The molecule has 6 nitrogen and oxygen atoms in total. The molecule has 0 aliphatic carbocycles. The second-order valence-corrected chi connectivity index (χ2v) is 6.39. The van der Waals surface area contributed by atoms with Gasteiger partial charge in [0.2, 0.25) is 0 Å². The number of anilines is 1. The molecule has 0 fully saturated rings. The fourth-order valence-corrected chi connectivity index (χ4v) is 3.53. The molecule has 1 aromatic rings. The van der Waals surface area contributed by atoms with Crippen LogP contribution in [-0.4, -0.2) is 32.2 Å². The summed E-state index contributed by atoms with van der Waals surface area (Å²) in [6.45, 7) is 1.43. The van der Waals surface area contributed by atoms with E-state index < -0.39 is 10.0 Å². The minimum Gasteiger partial charge on any atom is -0.497 e. The third-order valence-electron chi connectivity index (χ3n) is 2.32. The van der Waals surface area contributed by atoms with E-state index in [1.807, 2.05) is 0 Å². The van der Waals surface area contributed by atoms with Gasteiger partial charge in [-0.1, -0.05) is 11.8 Å². The number of ether oxygens (including phenoxy) is 1. The van der Waals surface area contributed by atoms with E-state index in [9.17, 15) is 13.2 Å². The summed E-state index contributed by atoms with van der Waals surface area (Å²) in [7, 11) is -2.30. The third kappa shape index (κ3) is 3.07. The number of nitrogens with one attached hydrogen (secondary N) is 1. The maximum atomic E-state index is 12.0. The number of benzene rings is 1. The lowest BCUT2D eigenvalue weighted by Crippen LogP contribution is -2.20. The number of Topliss-reactive ketones (excluding diaryl/α,β-unsaturated/α-hetero) is 1. The van der Waals surface area contributed by atoms with Gasteiger partial charge < -0.3 is 10.1 Å². The van der Waals surface area contributed by atoms with Crippen molar-refractivity contribution < 1.29 is 17.9 Å². The maximum absolute atomic E-state index is 12.0. The Morgan fingerprint density at radius 3 is 2.84 bits per heavy atom. The Balaban J connectivity index is 2.35. The van der Waals surface area contributed by atoms with Gasteiger partial charge in [0.1, 0.15) is 16.4 Å². The summed E-state index contributed by atoms with van der Waals surface area (Å²) in [5.41, 5.74) is 0.432. The fourth-order valence-electron chi connectivity index (χ4n) is 1.48. The Hall–Kier alpha value is -1.54. The number of nitrogens with zero attached hydrogens (tertiary/aromatic N) is 1. The van der Waals surface area contributed by atoms with Gasteiger partial charge in [-0.15, -0.1) is 4.40 Å². The minimum absolute atomic E-state index is 0.0487. The van der Waals surface area contributed by atoms with E-state index in [4.69, 9.17) is 4.74 Å². The van der Waals surface area contributed by atoms with Gasteiger partial charge in [-0.2, -0.15) is 8.42 Å². The standard InChI is InChI=1S/C11H12N2O4S2/c1-7(14)6-18-11-12-9-4-3-8(17-2)5-10(9)19(15,16)13-11/h3-5H,6H2,1-2H3,(H,12,13). The van der Waals surface area contributed by atoms with E-state index in [-0.39, 0.29) is 21.6 Å². The summed E-state index contributed by atoms with van der Waals surface area (Å²) in [6.07, 6.45) is 0. The van der Waals surface area contributed by atoms with Crippen LogP contribution < -0.4 is 10.1 Å². The van der Waals surface area contributed by atoms with E-state index in [0.29, 0.717) is 11.4 Å². The Labute approximate surface area is 115 Å². The number of rotatable bonds is 3. The number of methoxy groups -OCH3 is 1. The first kappa shape index (κ1) is 13.9. The number of sulfonamides is 1. The second-order valence-electron chi connectivity index (χ2n) is 3.85. The molecule has 0 spiro atoms. The largest absolute Gasteiger partial charge is 0.497 e. The minimum atomic E-state index is -3.76. The highest BCUT2D eigenvalue weighted by Gasteiger charge is 2.25. The Morgan fingerprint density at radius 2 is 2.21 bits per heavy atom. The molecule has 1 aromatic carbocycles. The molecule has 0 amide bonds. The number of carbonyl (C=O) groups is 1. The summed E-state index contributed by atoms with van der Waals surface area (Å²) >= 11 is 1.06. The smallest absolute Gasteiger partial charge is 0.286 e. The van der Waals surface area contributed by atoms with Crippen LogP contribution in [0.3, 0.4) is 0 Å². The van der Waals surface area contributed by atoms with Crippen molar-refractivity contribution in [2.24, 2.45) is 4.40 Å². The highest BCUT2D eigenvalue weighted by Crippen LogP contribution is 2.32. The van der Waals surface area contributed by atoms with E-state index in [1.54, 1.807) is 12.1 Å². The first-order valence-electron chi connectivity index (χ1n) is 5.34. The summed E-state index contributed by atoms with van der Waals surface area (Å²) in [6, 6.07) is 4.67. The van der Waals surface area contributed by atoms with Crippen molar-refractivity contribution in [3.05, 3.63) is 18.2 Å². The molecule has 2 rings (SSSR count). The van der Waals surface area contributed by atoms with Crippen LogP contribution in [0.25, 0.3) is 0 Å². The topological polar surface area (TPSA) is 84.8 Å². The van der Waals surface area contributed by atoms with E-state index in [1.165, 1.54) is 20.1 Å². The molecular formula is C11H12N2O4S2. The number of ketones is 1. The van der Waals surface area contributed by atoms with Crippen molar-refractivity contribution in [1.82, 2.24) is 0 Å². The molecule has 8 heteroatoms. The van der Waals surface area contributed by atoms with Crippen LogP contribution in [0, 0.1) is 0 Å². The number of fused-ring (bicyclic) bond motifs is 1. The van der Waals surface area contributed by atoms with Crippen molar-refractivity contribution in [2.75, 3.05) is 18.2 Å². The molecule has 1 N–H and O–H groups in total. The average molecular weight is 300 g/mol. The Kier molecular flexibility index (Phi) is 3.81. The number of hydrogen-bond donors (Lipinski definition) is 1. The first-order valence-corrected chi connectivity index (χ1v) is 7.77. The number of amidine groups is 1. The molecule has 0 radical (unpaired) electrons. The van der Waals surface area contributed by atoms with Gasteiger partial charge in [-0.3, -0.25) is 4.79 Å². The molecular weight excluding hydrogens is 288 g/mol. The van der Waals surface area contributed by atoms with Gasteiger partial charge in [0, 0.05) is 6.07 Å². The lowest BCUT2D eigenvalue weighted by Gasteiger charge is -2.17. The SMILES string of the molecule is COc1ccc2c(c1)S(=O)(=O)N=C(SCC(C)=O)N2. The van der Waals surface area contributed by atoms with Gasteiger partial charge in [0.25, 0.3) is 10.0 Å². The predicted molar refractivity (Wildman–Crippen MR) is 74.4 cm³/mol. The van der Waals surface area contributed by atoms with Crippen molar-refractivity contribution >= 4 is 38.4 Å². The van der Waals surface area contributed by atoms with Crippen molar-refractivity contribution in [3.8, 4) is 5.75 Å². The molecule has 1 aliphatic rings. The van der Waals surface area contributed by atoms with Gasteiger partial charge in [-0.05, 0) is 19.1 Å². The molecule has 0 atom stereocenters. The van der Waals surface area contributed by atoms with Crippen LogP contribution in [0.5, 0.6) is 5.75 Å². The summed E-state index contributed by atoms with van der Waals surface area (Å²) < 4.78 is 32.7. The molecule has 1 heterocycles. The lowest BCUT2D eigenvalue weighted by atomic mass is 10.3. The normalized spacial score (nSPS) is 16.0. The van der Waals surface area contributed by atoms with Crippen LogP contribution in [0.1, 0.15) is 6.92 Å². The number of hydrogen-bond acceptors (Lipinski definition) is 6. The van der Waals surface area contributed by atoms with Crippen LogP contribution in [-0.2, 0) is 14.8 Å².